The number of rotatable bonds is 4. The zero-order chi connectivity index (χ0) is 8.81. The number of amides is 1. The fraction of sp³-hybridized carbons (Fsp3) is 0.250. The van der Waals surface area contributed by atoms with Gasteiger partial charge in [-0.05, 0) is 12.1 Å². The smallest absolute Gasteiger partial charge is 0.220 e. The molecule has 2 N–H and O–H groups in total. The van der Waals surface area contributed by atoms with E-state index in [4.69, 9.17) is 10.5 Å². The van der Waals surface area contributed by atoms with Crippen LogP contribution in [0.3, 0.4) is 0 Å². The summed E-state index contributed by atoms with van der Waals surface area (Å²) in [5.74, 6) is 0.343. The number of hydrogen-bond acceptors (Lipinski definition) is 3. The van der Waals surface area contributed by atoms with Gasteiger partial charge in [-0.25, -0.2) is 0 Å². The maximum Gasteiger partial charge on any atom is 0.220 e. The van der Waals surface area contributed by atoms with Crippen LogP contribution in [0.4, 0.5) is 0 Å². The number of carbonyl (C=O) groups excluding carboxylic acids is 1. The quantitative estimate of drug-likeness (QED) is 0.701. The molecule has 1 aromatic rings. The van der Waals surface area contributed by atoms with Gasteiger partial charge in [0.1, 0.15) is 5.75 Å². The van der Waals surface area contributed by atoms with Crippen molar-refractivity contribution in [2.45, 2.75) is 6.42 Å². The number of hydrogen-bond donors (Lipinski definition) is 1. The third kappa shape index (κ3) is 3.01. The molecule has 64 valence electrons. The number of ether oxygens (including phenoxy) is 1. The Bertz CT molecular complexity index is 248. The molecule has 0 aliphatic rings. The third-order valence-electron chi connectivity index (χ3n) is 1.27. The minimum Gasteiger partial charge on any atom is -0.493 e. The average molecular weight is 166 g/mol. The lowest BCUT2D eigenvalue weighted by molar-refractivity contribution is -0.118. The molecule has 0 unspecified atom stereocenters. The molecule has 0 saturated carbocycles. The van der Waals surface area contributed by atoms with Crippen LogP contribution in [0.5, 0.6) is 5.75 Å². The number of pyridine rings is 1. The summed E-state index contributed by atoms with van der Waals surface area (Å²) in [4.78, 5) is 14.1. The molecule has 0 radical (unpaired) electrons. The standard InChI is InChI=1S/C8H10N2O2/c9-8(11)3-6-12-7-1-4-10-5-2-7/h1-2,4-5H,3,6H2,(H2,9,11). The molecule has 1 aromatic heterocycles. The van der Waals surface area contributed by atoms with E-state index in [2.05, 4.69) is 4.98 Å². The van der Waals surface area contributed by atoms with Crippen molar-refractivity contribution in [3.63, 3.8) is 0 Å². The molecule has 4 heteroatoms. The van der Waals surface area contributed by atoms with E-state index in [1.54, 1.807) is 24.5 Å². The molecule has 1 rings (SSSR count). The second kappa shape index (κ2) is 4.33. The van der Waals surface area contributed by atoms with E-state index < -0.39 is 0 Å². The highest BCUT2D eigenvalue weighted by atomic mass is 16.5. The first-order valence-electron chi connectivity index (χ1n) is 3.60. The van der Waals surface area contributed by atoms with Crippen LogP contribution < -0.4 is 10.5 Å². The molecule has 4 nitrogen and oxygen atoms in total. The summed E-state index contributed by atoms with van der Waals surface area (Å²) in [6, 6.07) is 3.45. The van der Waals surface area contributed by atoms with Gasteiger partial charge in [-0.2, -0.15) is 0 Å². The summed E-state index contributed by atoms with van der Waals surface area (Å²) in [5, 5.41) is 0. The maximum atomic E-state index is 10.3. The van der Waals surface area contributed by atoms with Crippen molar-refractivity contribution < 1.29 is 9.53 Å². The summed E-state index contributed by atoms with van der Waals surface area (Å²) < 4.78 is 5.18. The number of nitrogens with zero attached hydrogens (tertiary/aromatic N) is 1. The Morgan fingerprint density at radius 2 is 2.17 bits per heavy atom. The molecule has 1 heterocycles. The lowest BCUT2D eigenvalue weighted by Gasteiger charge is -2.02. The number of primary amides is 1. The highest BCUT2D eigenvalue weighted by Gasteiger charge is 1.95. The second-order valence-corrected chi connectivity index (χ2v) is 2.25. The monoisotopic (exact) mass is 166 g/mol. The fourth-order valence-electron chi connectivity index (χ4n) is 0.704. The Morgan fingerprint density at radius 3 is 2.75 bits per heavy atom. The zero-order valence-corrected chi connectivity index (χ0v) is 6.56. The van der Waals surface area contributed by atoms with Crippen molar-refractivity contribution in [3.05, 3.63) is 24.5 Å². The molecular weight excluding hydrogens is 156 g/mol. The Hall–Kier alpha value is -1.58. The predicted octanol–water partition coefficient (Wildman–Crippen LogP) is 0.336. The Morgan fingerprint density at radius 1 is 1.50 bits per heavy atom. The number of nitrogens with two attached hydrogens (primary N) is 1. The molecule has 0 saturated heterocycles. The predicted molar refractivity (Wildman–Crippen MR) is 43.5 cm³/mol. The molecule has 0 aliphatic carbocycles. The van der Waals surface area contributed by atoms with E-state index >= 15 is 0 Å². The summed E-state index contributed by atoms with van der Waals surface area (Å²) in [7, 11) is 0. The minimum atomic E-state index is -0.357. The van der Waals surface area contributed by atoms with Crippen LogP contribution in [0.15, 0.2) is 24.5 Å². The van der Waals surface area contributed by atoms with Crippen LogP contribution >= 0.6 is 0 Å². The van der Waals surface area contributed by atoms with Crippen molar-refractivity contribution in [2.75, 3.05) is 6.61 Å². The highest BCUT2D eigenvalue weighted by molar-refractivity contribution is 5.73. The first-order valence-corrected chi connectivity index (χ1v) is 3.60. The lowest BCUT2D eigenvalue weighted by Crippen LogP contribution is -2.14. The molecular formula is C8H10N2O2. The molecule has 0 atom stereocenters. The topological polar surface area (TPSA) is 65.2 Å². The Kier molecular flexibility index (Phi) is 3.07. The fourth-order valence-corrected chi connectivity index (χ4v) is 0.704. The van der Waals surface area contributed by atoms with E-state index in [0.717, 1.165) is 0 Å². The Balaban J connectivity index is 2.29. The lowest BCUT2D eigenvalue weighted by atomic mass is 10.4. The van der Waals surface area contributed by atoms with Gasteiger partial charge in [-0.1, -0.05) is 0 Å². The van der Waals surface area contributed by atoms with Crippen molar-refractivity contribution in [1.82, 2.24) is 4.98 Å². The van der Waals surface area contributed by atoms with Crippen LogP contribution in [0.2, 0.25) is 0 Å². The van der Waals surface area contributed by atoms with Gasteiger partial charge in [-0.15, -0.1) is 0 Å². The normalized spacial score (nSPS) is 9.33. The van der Waals surface area contributed by atoms with Crippen LogP contribution in [-0.4, -0.2) is 17.5 Å². The molecule has 12 heavy (non-hydrogen) atoms. The first kappa shape index (κ1) is 8.52. The van der Waals surface area contributed by atoms with Gasteiger partial charge >= 0.3 is 0 Å². The van der Waals surface area contributed by atoms with Crippen molar-refractivity contribution in [3.8, 4) is 5.75 Å². The number of aromatic nitrogens is 1. The molecule has 1 amide bonds. The SMILES string of the molecule is NC(=O)CCOc1ccncc1. The van der Waals surface area contributed by atoms with E-state index in [1.165, 1.54) is 0 Å². The average Bonchev–Trinajstić information content (AvgIpc) is 2.05. The van der Waals surface area contributed by atoms with Gasteiger partial charge in [-0.3, -0.25) is 9.78 Å². The van der Waals surface area contributed by atoms with Gasteiger partial charge in [0.05, 0.1) is 13.0 Å². The summed E-state index contributed by atoms with van der Waals surface area (Å²) in [6.45, 7) is 0.319. The van der Waals surface area contributed by atoms with Crippen molar-refractivity contribution >= 4 is 5.91 Å². The van der Waals surface area contributed by atoms with Crippen molar-refractivity contribution in [2.24, 2.45) is 5.73 Å². The minimum absolute atomic E-state index is 0.238. The van der Waals surface area contributed by atoms with Crippen LogP contribution in [0.1, 0.15) is 6.42 Å². The Labute approximate surface area is 70.4 Å². The zero-order valence-electron chi connectivity index (χ0n) is 6.56. The summed E-state index contributed by atoms with van der Waals surface area (Å²) in [5.41, 5.74) is 4.93. The van der Waals surface area contributed by atoms with Crippen LogP contribution in [-0.2, 0) is 4.79 Å². The summed E-state index contributed by atoms with van der Waals surface area (Å²) >= 11 is 0. The van der Waals surface area contributed by atoms with Crippen LogP contribution in [0, 0.1) is 0 Å². The summed E-state index contributed by atoms with van der Waals surface area (Å²) in [6.07, 6.45) is 3.49. The second-order valence-electron chi connectivity index (χ2n) is 2.25. The van der Waals surface area contributed by atoms with Crippen LogP contribution in [0.25, 0.3) is 0 Å². The van der Waals surface area contributed by atoms with E-state index in [1.807, 2.05) is 0 Å². The molecule has 0 spiro atoms. The maximum absolute atomic E-state index is 10.3. The van der Waals surface area contributed by atoms with Gasteiger partial charge in [0, 0.05) is 12.4 Å². The molecule has 0 aromatic carbocycles. The molecule has 0 fully saturated rings. The molecule has 0 bridgehead atoms. The first-order chi connectivity index (χ1) is 5.79. The molecule has 0 aliphatic heterocycles. The number of carbonyl (C=O) groups is 1. The highest BCUT2D eigenvalue weighted by Crippen LogP contribution is 2.06. The van der Waals surface area contributed by atoms with E-state index in [9.17, 15) is 4.79 Å². The largest absolute Gasteiger partial charge is 0.493 e. The van der Waals surface area contributed by atoms with Gasteiger partial charge < -0.3 is 10.5 Å². The van der Waals surface area contributed by atoms with E-state index in [0.29, 0.717) is 12.4 Å². The van der Waals surface area contributed by atoms with Gasteiger partial charge in [0.25, 0.3) is 0 Å². The van der Waals surface area contributed by atoms with Gasteiger partial charge in [0.15, 0.2) is 0 Å². The van der Waals surface area contributed by atoms with Gasteiger partial charge in [0.2, 0.25) is 5.91 Å². The van der Waals surface area contributed by atoms with E-state index in [-0.39, 0.29) is 12.3 Å². The van der Waals surface area contributed by atoms with Crippen molar-refractivity contribution in [1.29, 1.82) is 0 Å². The third-order valence-corrected chi connectivity index (χ3v) is 1.27.